The fourth-order valence-corrected chi connectivity index (χ4v) is 2.13. The van der Waals surface area contributed by atoms with Crippen LogP contribution in [0, 0.1) is 11.6 Å². The smallest absolute Gasteiger partial charge is 0.163 e. The maximum absolute atomic E-state index is 13.8. The summed E-state index contributed by atoms with van der Waals surface area (Å²) in [5, 5.41) is 2.99. The van der Waals surface area contributed by atoms with Crippen molar-refractivity contribution in [2.45, 2.75) is 12.5 Å². The Morgan fingerprint density at radius 1 is 1.26 bits per heavy atom. The quantitative estimate of drug-likeness (QED) is 0.928. The molecular weight excluding hydrogens is 314 g/mol. The van der Waals surface area contributed by atoms with Crippen molar-refractivity contribution in [1.29, 1.82) is 0 Å². The van der Waals surface area contributed by atoms with Crippen LogP contribution in [-0.2, 0) is 6.42 Å². The molecule has 0 aliphatic carbocycles. The van der Waals surface area contributed by atoms with E-state index in [0.717, 1.165) is 16.2 Å². The van der Waals surface area contributed by atoms with Gasteiger partial charge in [-0.3, -0.25) is 4.98 Å². The number of aromatic nitrogens is 1. The average Bonchev–Trinajstić information content (AvgIpc) is 2.42. The van der Waals surface area contributed by atoms with E-state index in [9.17, 15) is 8.78 Å². The largest absolute Gasteiger partial charge is 0.313 e. The van der Waals surface area contributed by atoms with Crippen molar-refractivity contribution in [3.8, 4) is 0 Å². The minimum atomic E-state index is -0.832. The summed E-state index contributed by atoms with van der Waals surface area (Å²) in [4.78, 5) is 4.24. The summed E-state index contributed by atoms with van der Waals surface area (Å²) in [5.41, 5.74) is 1.12. The van der Waals surface area contributed by atoms with Crippen molar-refractivity contribution >= 4 is 15.9 Å². The summed E-state index contributed by atoms with van der Waals surface area (Å²) in [5.74, 6) is -1.64. The van der Waals surface area contributed by atoms with Crippen LogP contribution >= 0.6 is 15.9 Å². The van der Waals surface area contributed by atoms with E-state index in [-0.39, 0.29) is 6.04 Å². The molecule has 0 aliphatic rings. The highest BCUT2D eigenvalue weighted by Crippen LogP contribution is 2.22. The number of nitrogens with zero attached hydrogens (tertiary/aromatic N) is 1. The van der Waals surface area contributed by atoms with Crippen molar-refractivity contribution < 1.29 is 8.78 Å². The summed E-state index contributed by atoms with van der Waals surface area (Å²) >= 11 is 3.31. The molecule has 0 fully saturated rings. The molecule has 0 saturated heterocycles. The molecule has 0 bridgehead atoms. The van der Waals surface area contributed by atoms with E-state index < -0.39 is 11.6 Å². The number of hydrogen-bond donors (Lipinski definition) is 1. The summed E-state index contributed by atoms with van der Waals surface area (Å²) in [6.07, 6.45) is 2.17. The molecular formula is C14H13BrF2N2. The van der Waals surface area contributed by atoms with Gasteiger partial charge in [0.1, 0.15) is 0 Å². The molecule has 0 spiro atoms. The van der Waals surface area contributed by atoms with E-state index in [0.29, 0.717) is 12.0 Å². The highest BCUT2D eigenvalue weighted by molar-refractivity contribution is 9.10. The molecule has 1 aromatic heterocycles. The van der Waals surface area contributed by atoms with Crippen molar-refractivity contribution in [1.82, 2.24) is 10.3 Å². The van der Waals surface area contributed by atoms with E-state index in [1.165, 1.54) is 6.07 Å². The second-order valence-corrected chi connectivity index (χ2v) is 5.07. The standard InChI is InChI=1S/C14H13BrF2N2/c1-18-13(7-10-6-5-9(15)8-19-10)11-3-2-4-12(16)14(11)17/h2-6,8,13,18H,7H2,1H3. The average molecular weight is 327 g/mol. The Hall–Kier alpha value is -1.33. The fraction of sp³-hybridized carbons (Fsp3) is 0.214. The Bertz CT molecular complexity index is 558. The lowest BCUT2D eigenvalue weighted by molar-refractivity contribution is 0.472. The Morgan fingerprint density at radius 2 is 2.05 bits per heavy atom. The molecule has 1 heterocycles. The molecule has 2 nitrogen and oxygen atoms in total. The Kier molecular flexibility index (Phi) is 4.61. The predicted molar refractivity (Wildman–Crippen MR) is 73.8 cm³/mol. The van der Waals surface area contributed by atoms with Gasteiger partial charge in [-0.1, -0.05) is 12.1 Å². The van der Waals surface area contributed by atoms with Gasteiger partial charge in [-0.05, 0) is 41.2 Å². The Labute approximate surface area is 119 Å². The van der Waals surface area contributed by atoms with Gasteiger partial charge in [0.2, 0.25) is 0 Å². The second-order valence-electron chi connectivity index (χ2n) is 4.16. The van der Waals surface area contributed by atoms with Crippen LogP contribution in [-0.4, -0.2) is 12.0 Å². The van der Waals surface area contributed by atoms with Crippen LogP contribution in [0.3, 0.4) is 0 Å². The first-order valence-electron chi connectivity index (χ1n) is 5.83. The van der Waals surface area contributed by atoms with Gasteiger partial charge in [-0.2, -0.15) is 0 Å². The van der Waals surface area contributed by atoms with Gasteiger partial charge in [0, 0.05) is 34.4 Å². The molecule has 1 atom stereocenters. The molecule has 1 aromatic carbocycles. The van der Waals surface area contributed by atoms with Crippen LogP contribution in [0.1, 0.15) is 17.3 Å². The zero-order valence-electron chi connectivity index (χ0n) is 10.3. The summed E-state index contributed by atoms with van der Waals surface area (Å²) in [6.45, 7) is 0. The number of nitrogens with one attached hydrogen (secondary N) is 1. The van der Waals surface area contributed by atoms with Crippen LogP contribution in [0.15, 0.2) is 41.0 Å². The Morgan fingerprint density at radius 3 is 2.68 bits per heavy atom. The maximum atomic E-state index is 13.8. The first kappa shape index (κ1) is 14.1. The molecule has 2 rings (SSSR count). The monoisotopic (exact) mass is 326 g/mol. The highest BCUT2D eigenvalue weighted by Gasteiger charge is 2.17. The lowest BCUT2D eigenvalue weighted by Crippen LogP contribution is -2.21. The van der Waals surface area contributed by atoms with Gasteiger partial charge < -0.3 is 5.32 Å². The minimum Gasteiger partial charge on any atom is -0.313 e. The molecule has 100 valence electrons. The minimum absolute atomic E-state index is 0.312. The van der Waals surface area contributed by atoms with Crippen LogP contribution in [0.25, 0.3) is 0 Å². The zero-order valence-corrected chi connectivity index (χ0v) is 11.9. The third-order valence-electron chi connectivity index (χ3n) is 2.91. The van der Waals surface area contributed by atoms with Crippen LogP contribution in [0.2, 0.25) is 0 Å². The third kappa shape index (κ3) is 3.36. The molecule has 0 saturated carbocycles. The van der Waals surface area contributed by atoms with E-state index in [1.807, 2.05) is 12.1 Å². The number of rotatable bonds is 4. The van der Waals surface area contributed by atoms with Crippen LogP contribution in [0.4, 0.5) is 8.78 Å². The predicted octanol–water partition coefficient (Wildman–Crippen LogP) is 3.63. The SMILES string of the molecule is CNC(Cc1ccc(Br)cn1)c1cccc(F)c1F. The summed E-state index contributed by atoms with van der Waals surface area (Å²) < 4.78 is 27.9. The van der Waals surface area contributed by atoms with E-state index in [2.05, 4.69) is 26.2 Å². The van der Waals surface area contributed by atoms with Crippen LogP contribution < -0.4 is 5.32 Å². The number of pyridine rings is 1. The first-order valence-corrected chi connectivity index (χ1v) is 6.62. The highest BCUT2D eigenvalue weighted by atomic mass is 79.9. The molecule has 0 aliphatic heterocycles. The first-order chi connectivity index (χ1) is 9.11. The molecule has 1 N–H and O–H groups in total. The normalized spacial score (nSPS) is 12.4. The molecule has 1 unspecified atom stereocenters. The fourth-order valence-electron chi connectivity index (χ4n) is 1.89. The summed E-state index contributed by atoms with van der Waals surface area (Å²) in [7, 11) is 1.72. The number of hydrogen-bond acceptors (Lipinski definition) is 2. The van der Waals surface area contributed by atoms with E-state index in [1.54, 1.807) is 19.3 Å². The van der Waals surface area contributed by atoms with Gasteiger partial charge in [0.05, 0.1) is 0 Å². The van der Waals surface area contributed by atoms with Crippen LogP contribution in [0.5, 0.6) is 0 Å². The topological polar surface area (TPSA) is 24.9 Å². The molecule has 0 amide bonds. The van der Waals surface area contributed by atoms with Crippen molar-refractivity contribution in [2.75, 3.05) is 7.05 Å². The number of likely N-dealkylation sites (N-methyl/N-ethyl adjacent to an activating group) is 1. The maximum Gasteiger partial charge on any atom is 0.163 e. The van der Waals surface area contributed by atoms with E-state index in [4.69, 9.17) is 0 Å². The lowest BCUT2D eigenvalue weighted by atomic mass is 10.0. The molecule has 5 heteroatoms. The van der Waals surface area contributed by atoms with Crippen molar-refractivity contribution in [2.24, 2.45) is 0 Å². The molecule has 0 radical (unpaired) electrons. The number of halogens is 3. The molecule has 19 heavy (non-hydrogen) atoms. The number of benzene rings is 1. The third-order valence-corrected chi connectivity index (χ3v) is 3.38. The van der Waals surface area contributed by atoms with E-state index >= 15 is 0 Å². The Balaban J connectivity index is 2.25. The zero-order chi connectivity index (χ0) is 13.8. The van der Waals surface area contributed by atoms with Gasteiger partial charge >= 0.3 is 0 Å². The van der Waals surface area contributed by atoms with Gasteiger partial charge in [0.25, 0.3) is 0 Å². The summed E-state index contributed by atoms with van der Waals surface area (Å²) in [6, 6.07) is 7.61. The van der Waals surface area contributed by atoms with Gasteiger partial charge in [-0.25, -0.2) is 8.78 Å². The van der Waals surface area contributed by atoms with Crippen molar-refractivity contribution in [3.05, 3.63) is 63.9 Å². The molecule has 2 aromatic rings. The van der Waals surface area contributed by atoms with Gasteiger partial charge in [-0.15, -0.1) is 0 Å². The second kappa shape index (κ2) is 6.21. The van der Waals surface area contributed by atoms with Crippen molar-refractivity contribution in [3.63, 3.8) is 0 Å². The van der Waals surface area contributed by atoms with Gasteiger partial charge in [0.15, 0.2) is 11.6 Å². The lowest BCUT2D eigenvalue weighted by Gasteiger charge is -2.17.